The van der Waals surface area contributed by atoms with Gasteiger partial charge < -0.3 is 40.4 Å². The highest BCUT2D eigenvalue weighted by atomic mass is 16.7. The molecule has 0 radical (unpaired) electrons. The third-order valence-corrected chi connectivity index (χ3v) is 9.35. The molecule has 4 aliphatic rings. The molecule has 0 bridgehead atoms. The van der Waals surface area contributed by atoms with Gasteiger partial charge in [0, 0.05) is 81.5 Å². The second-order valence-electron chi connectivity index (χ2n) is 12.3. The number of anilines is 4. The Labute approximate surface area is 263 Å². The molecule has 0 unspecified atom stereocenters. The van der Waals surface area contributed by atoms with Gasteiger partial charge in [0.2, 0.25) is 6.79 Å². The van der Waals surface area contributed by atoms with Crippen LogP contribution in [0.1, 0.15) is 36.2 Å². The Balaban J connectivity index is 1.10. The molecule has 2 aromatic carbocycles. The van der Waals surface area contributed by atoms with Crippen LogP contribution in [0.2, 0.25) is 0 Å². The molecule has 1 amide bonds. The summed E-state index contributed by atoms with van der Waals surface area (Å²) in [6, 6.07) is 14.7. The smallest absolute Gasteiger partial charge is 0.271 e. The molecule has 7 rings (SSSR count). The van der Waals surface area contributed by atoms with Crippen molar-refractivity contribution in [1.82, 2.24) is 19.8 Å². The topological polar surface area (TPSA) is 130 Å². The number of aromatic nitrogens is 2. The molecule has 45 heavy (non-hydrogen) atoms. The number of carbonyl (C=O) groups excluding carboxylic acids is 1. The lowest BCUT2D eigenvalue weighted by Crippen LogP contribution is -2.52. The number of fused-ring (bicyclic) bond motifs is 1. The molecule has 0 spiro atoms. The molecule has 238 valence electrons. The van der Waals surface area contributed by atoms with E-state index in [0.717, 1.165) is 50.3 Å². The maximum atomic E-state index is 12.7. The lowest BCUT2D eigenvalue weighted by molar-refractivity contribution is 0.0904. The molecule has 1 aromatic heterocycles. The zero-order valence-corrected chi connectivity index (χ0v) is 25.8. The van der Waals surface area contributed by atoms with E-state index in [0.29, 0.717) is 48.1 Å². The summed E-state index contributed by atoms with van der Waals surface area (Å²) in [4.78, 5) is 29.9. The highest BCUT2D eigenvalue weighted by molar-refractivity contribution is 5.97. The number of amides is 1. The molecule has 12 heteroatoms. The average Bonchev–Trinajstić information content (AvgIpc) is 3.54. The first-order valence-electron chi connectivity index (χ1n) is 16.0. The molecule has 12 nitrogen and oxygen atoms in total. The number of hydrogen-bond acceptors (Lipinski definition) is 11. The van der Waals surface area contributed by atoms with Gasteiger partial charge in [-0.05, 0) is 75.2 Å². The highest BCUT2D eigenvalue weighted by Gasteiger charge is 2.27. The van der Waals surface area contributed by atoms with Gasteiger partial charge in [0.05, 0.1) is 0 Å². The van der Waals surface area contributed by atoms with Crippen molar-refractivity contribution in [3.63, 3.8) is 0 Å². The number of hydrogen-bond donors (Lipinski definition) is 3. The molecule has 3 aromatic rings. The van der Waals surface area contributed by atoms with Crippen LogP contribution in [0.3, 0.4) is 0 Å². The number of rotatable bonds is 8. The van der Waals surface area contributed by atoms with Gasteiger partial charge in [-0.25, -0.2) is 9.97 Å². The van der Waals surface area contributed by atoms with Crippen LogP contribution in [0.5, 0.6) is 11.5 Å². The Bertz CT molecular complexity index is 1500. The molecular weight excluding hydrogens is 572 g/mol. The van der Waals surface area contributed by atoms with E-state index in [2.05, 4.69) is 44.5 Å². The summed E-state index contributed by atoms with van der Waals surface area (Å²) < 4.78 is 16.7. The van der Waals surface area contributed by atoms with E-state index in [1.165, 1.54) is 31.6 Å². The van der Waals surface area contributed by atoms with Gasteiger partial charge in [-0.15, -0.1) is 0 Å². The Morgan fingerprint density at radius 1 is 0.867 bits per heavy atom. The molecule has 5 heterocycles. The maximum Gasteiger partial charge on any atom is 0.271 e. The van der Waals surface area contributed by atoms with E-state index >= 15 is 0 Å². The number of nitrogens with two attached hydrogens (primary N) is 1. The number of ether oxygens (including phenoxy) is 3. The summed E-state index contributed by atoms with van der Waals surface area (Å²) in [6.07, 6.45) is 4.05. The fourth-order valence-electron chi connectivity index (χ4n) is 6.64. The highest BCUT2D eigenvalue weighted by Crippen LogP contribution is 2.38. The standard InChI is InChI=1S/C33H42N8O4/c1-39-14-16-41(17-15-39)26-8-12-40(13-9-26)25-5-3-23(4-6-25)35-33-30(31(34)42)37-29(22-2-7-27-28(20-22)45-21-44-27)32(38-33)36-24-10-18-43-19-11-24/h2-7,20,24,26H,8-19,21H2,1H3,(H2,34,42)(H2,35,36,38). The van der Waals surface area contributed by atoms with E-state index < -0.39 is 5.91 Å². The van der Waals surface area contributed by atoms with Crippen molar-refractivity contribution in [3.05, 3.63) is 48.2 Å². The molecule has 0 aliphatic carbocycles. The van der Waals surface area contributed by atoms with Gasteiger partial charge in [-0.2, -0.15) is 0 Å². The normalized spacial score (nSPS) is 19.9. The minimum absolute atomic E-state index is 0.0650. The van der Waals surface area contributed by atoms with Gasteiger partial charge in [0.1, 0.15) is 5.69 Å². The first-order valence-corrected chi connectivity index (χ1v) is 16.0. The molecule has 4 aliphatic heterocycles. The first-order chi connectivity index (χ1) is 22.0. The zero-order valence-electron chi connectivity index (χ0n) is 25.8. The Kier molecular flexibility index (Phi) is 8.59. The first kappa shape index (κ1) is 29.6. The number of likely N-dealkylation sites (N-methyl/N-ethyl adjacent to an activating group) is 1. The summed E-state index contributed by atoms with van der Waals surface area (Å²) in [5.74, 6) is 1.50. The van der Waals surface area contributed by atoms with E-state index in [1.54, 1.807) is 0 Å². The van der Waals surface area contributed by atoms with Crippen molar-refractivity contribution in [2.45, 2.75) is 37.8 Å². The number of benzene rings is 2. The van der Waals surface area contributed by atoms with Gasteiger partial charge in [0.15, 0.2) is 28.8 Å². The molecular formula is C33H42N8O4. The van der Waals surface area contributed by atoms with Crippen LogP contribution < -0.4 is 30.7 Å². The van der Waals surface area contributed by atoms with Crippen LogP contribution in [0, 0.1) is 0 Å². The lowest BCUT2D eigenvalue weighted by atomic mass is 10.0. The molecule has 0 atom stereocenters. The molecule has 0 saturated carbocycles. The van der Waals surface area contributed by atoms with Crippen molar-refractivity contribution >= 4 is 28.9 Å². The van der Waals surface area contributed by atoms with Gasteiger partial charge >= 0.3 is 0 Å². The van der Waals surface area contributed by atoms with E-state index in [1.807, 2.05) is 30.3 Å². The summed E-state index contributed by atoms with van der Waals surface area (Å²) in [7, 11) is 2.21. The number of carbonyl (C=O) groups is 1. The second-order valence-corrected chi connectivity index (χ2v) is 12.3. The van der Waals surface area contributed by atoms with Crippen molar-refractivity contribution in [1.29, 1.82) is 0 Å². The summed E-state index contributed by atoms with van der Waals surface area (Å²) in [5, 5.41) is 6.88. The van der Waals surface area contributed by atoms with Gasteiger partial charge in [-0.3, -0.25) is 9.69 Å². The fourth-order valence-corrected chi connectivity index (χ4v) is 6.64. The fraction of sp³-hybridized carbons (Fsp3) is 0.485. The van der Waals surface area contributed by atoms with Crippen LogP contribution in [-0.4, -0.2) is 104 Å². The average molecular weight is 615 g/mol. The summed E-state index contributed by atoms with van der Waals surface area (Å²) in [5.41, 5.74) is 9.19. The quantitative estimate of drug-likeness (QED) is 0.345. The second kappa shape index (κ2) is 13.1. The van der Waals surface area contributed by atoms with E-state index in [9.17, 15) is 4.79 Å². The Morgan fingerprint density at radius 2 is 1.60 bits per heavy atom. The van der Waals surface area contributed by atoms with Crippen molar-refractivity contribution in [3.8, 4) is 22.8 Å². The van der Waals surface area contributed by atoms with Crippen LogP contribution in [0.4, 0.5) is 23.0 Å². The molecule has 3 saturated heterocycles. The van der Waals surface area contributed by atoms with Crippen LogP contribution >= 0.6 is 0 Å². The Morgan fingerprint density at radius 3 is 2.33 bits per heavy atom. The predicted octanol–water partition coefficient (Wildman–Crippen LogP) is 3.52. The van der Waals surface area contributed by atoms with Crippen LogP contribution in [0.15, 0.2) is 42.5 Å². The molecule has 4 N–H and O–H groups in total. The Hall–Kier alpha value is -4.13. The number of nitrogens with zero attached hydrogens (tertiary/aromatic N) is 5. The van der Waals surface area contributed by atoms with Crippen molar-refractivity contribution < 1.29 is 19.0 Å². The maximum absolute atomic E-state index is 12.7. The van der Waals surface area contributed by atoms with Crippen LogP contribution in [0.25, 0.3) is 11.3 Å². The van der Waals surface area contributed by atoms with Gasteiger partial charge in [-0.1, -0.05) is 0 Å². The van der Waals surface area contributed by atoms with E-state index in [4.69, 9.17) is 29.9 Å². The summed E-state index contributed by atoms with van der Waals surface area (Å²) in [6.45, 7) is 8.26. The van der Waals surface area contributed by atoms with Crippen molar-refractivity contribution in [2.24, 2.45) is 5.73 Å². The number of piperidine rings is 1. The number of primary amides is 1. The number of nitrogens with one attached hydrogen (secondary N) is 2. The number of piperazine rings is 1. The van der Waals surface area contributed by atoms with Crippen molar-refractivity contribution in [2.75, 3.05) is 81.9 Å². The lowest BCUT2D eigenvalue weighted by Gasteiger charge is -2.42. The summed E-state index contributed by atoms with van der Waals surface area (Å²) >= 11 is 0. The van der Waals surface area contributed by atoms with E-state index in [-0.39, 0.29) is 18.5 Å². The minimum Gasteiger partial charge on any atom is -0.454 e. The SMILES string of the molecule is CN1CCN(C2CCN(c3ccc(Nc4nc(NC5CCOCC5)c(-c5ccc6c(c5)OCO6)nc4C(N)=O)cc3)CC2)CC1. The monoisotopic (exact) mass is 614 g/mol. The largest absolute Gasteiger partial charge is 0.454 e. The third-order valence-electron chi connectivity index (χ3n) is 9.35. The third kappa shape index (κ3) is 6.63. The molecule has 3 fully saturated rings. The predicted molar refractivity (Wildman–Crippen MR) is 174 cm³/mol. The van der Waals surface area contributed by atoms with Gasteiger partial charge in [0.25, 0.3) is 5.91 Å². The minimum atomic E-state index is -0.663. The zero-order chi connectivity index (χ0) is 30.8. The van der Waals surface area contributed by atoms with Crippen LogP contribution in [-0.2, 0) is 4.74 Å².